The summed E-state index contributed by atoms with van der Waals surface area (Å²) in [4.78, 5) is 0. The maximum absolute atomic E-state index is 5.08. The Morgan fingerprint density at radius 3 is 2.62 bits per heavy atom. The van der Waals surface area contributed by atoms with E-state index in [2.05, 4.69) is 22.9 Å². The van der Waals surface area contributed by atoms with Crippen LogP contribution >= 0.6 is 12.2 Å². The number of nitrogens with two attached hydrogens (primary N) is 1. The largest absolute Gasteiger partial charge is 0.332 e. The minimum atomic E-state index is 0.447. The zero-order valence-corrected chi connectivity index (χ0v) is 8.95. The van der Waals surface area contributed by atoms with Crippen molar-refractivity contribution in [1.29, 1.82) is 0 Å². The topological polar surface area (TPSA) is 50.1 Å². The van der Waals surface area contributed by atoms with Crippen LogP contribution in [0.1, 0.15) is 26.7 Å². The lowest BCUT2D eigenvalue weighted by Gasteiger charge is -2.09. The number of hydrogen-bond donors (Lipinski definition) is 3. The zero-order valence-electron chi connectivity index (χ0n) is 8.13. The predicted molar refractivity (Wildman–Crippen MR) is 60.9 cm³/mol. The van der Waals surface area contributed by atoms with Crippen LogP contribution in [0, 0.1) is 0 Å². The average Bonchev–Trinajstić information content (AvgIpc) is 2.22. The van der Waals surface area contributed by atoms with Gasteiger partial charge in [0.05, 0.1) is 0 Å². The molecule has 74 valence electrons. The van der Waals surface area contributed by atoms with Gasteiger partial charge >= 0.3 is 0 Å². The summed E-state index contributed by atoms with van der Waals surface area (Å²) in [6, 6.07) is 0. The van der Waals surface area contributed by atoms with E-state index in [0.29, 0.717) is 5.11 Å². The molecule has 0 fully saturated rings. The molecule has 0 aromatic heterocycles. The van der Waals surface area contributed by atoms with E-state index in [0.717, 1.165) is 18.5 Å². The van der Waals surface area contributed by atoms with Gasteiger partial charge in [-0.15, -0.1) is 0 Å². The molecule has 0 aromatic carbocycles. The van der Waals surface area contributed by atoms with E-state index in [-0.39, 0.29) is 0 Å². The molecule has 1 aliphatic rings. The van der Waals surface area contributed by atoms with Crippen molar-refractivity contribution in [3.63, 3.8) is 0 Å². The van der Waals surface area contributed by atoms with Crippen molar-refractivity contribution in [2.75, 3.05) is 0 Å². The summed E-state index contributed by atoms with van der Waals surface area (Å²) in [7, 11) is 0. The summed E-state index contributed by atoms with van der Waals surface area (Å²) in [5, 5.41) is 3.39. The SMILES string of the molecule is CC.NNC(=S)NC1=CCCC=C1. The standard InChI is InChI=1S/C7H11N3S.C2H6/c8-10-7(11)9-6-4-2-1-3-5-6;1-2/h2,4-5H,1,3,8H2,(H2,9,10,11);1-2H3. The number of thiocarbonyl (C=S) groups is 1. The van der Waals surface area contributed by atoms with Crippen LogP contribution in [0.2, 0.25) is 0 Å². The van der Waals surface area contributed by atoms with Crippen LogP contribution in [-0.2, 0) is 0 Å². The Kier molecular flexibility index (Phi) is 7.24. The van der Waals surface area contributed by atoms with E-state index < -0.39 is 0 Å². The fraction of sp³-hybridized carbons (Fsp3) is 0.444. The molecule has 0 saturated carbocycles. The molecule has 0 heterocycles. The van der Waals surface area contributed by atoms with Gasteiger partial charge in [0.15, 0.2) is 5.11 Å². The maximum atomic E-state index is 5.08. The van der Waals surface area contributed by atoms with Crippen LogP contribution in [0.15, 0.2) is 23.9 Å². The Morgan fingerprint density at radius 2 is 2.15 bits per heavy atom. The summed E-state index contributed by atoms with van der Waals surface area (Å²) in [6.45, 7) is 4.00. The molecule has 1 rings (SSSR count). The Hall–Kier alpha value is -0.870. The highest BCUT2D eigenvalue weighted by Crippen LogP contribution is 2.05. The molecule has 4 heteroatoms. The Bertz CT molecular complexity index is 209. The summed E-state index contributed by atoms with van der Waals surface area (Å²) in [6.07, 6.45) is 8.35. The first-order valence-corrected chi connectivity index (χ1v) is 4.88. The van der Waals surface area contributed by atoms with Crippen LogP contribution in [-0.4, -0.2) is 5.11 Å². The van der Waals surface area contributed by atoms with Crippen molar-refractivity contribution in [2.45, 2.75) is 26.7 Å². The Balaban J connectivity index is 0.000000671. The molecule has 13 heavy (non-hydrogen) atoms. The molecule has 0 aliphatic heterocycles. The minimum absolute atomic E-state index is 0.447. The van der Waals surface area contributed by atoms with Gasteiger partial charge in [0.1, 0.15) is 0 Å². The van der Waals surface area contributed by atoms with Crippen molar-refractivity contribution < 1.29 is 0 Å². The van der Waals surface area contributed by atoms with Gasteiger partial charge in [-0.3, -0.25) is 0 Å². The summed E-state index contributed by atoms with van der Waals surface area (Å²) in [5.41, 5.74) is 3.37. The second-order valence-electron chi connectivity index (χ2n) is 2.24. The molecule has 0 unspecified atom stereocenters. The van der Waals surface area contributed by atoms with Crippen LogP contribution in [0.4, 0.5) is 0 Å². The maximum Gasteiger partial charge on any atom is 0.185 e. The minimum Gasteiger partial charge on any atom is -0.332 e. The van der Waals surface area contributed by atoms with Crippen LogP contribution in [0.3, 0.4) is 0 Å². The molecule has 0 atom stereocenters. The van der Waals surface area contributed by atoms with E-state index in [1.807, 2.05) is 19.9 Å². The highest BCUT2D eigenvalue weighted by Gasteiger charge is 1.97. The molecule has 0 aromatic rings. The number of rotatable bonds is 1. The van der Waals surface area contributed by atoms with E-state index in [1.54, 1.807) is 0 Å². The quantitative estimate of drug-likeness (QED) is 0.341. The average molecular weight is 199 g/mol. The zero-order chi connectivity index (χ0) is 10.1. The predicted octanol–water partition coefficient (Wildman–Crippen LogP) is 1.58. The van der Waals surface area contributed by atoms with Crippen molar-refractivity contribution in [3.8, 4) is 0 Å². The molecular formula is C9H17N3S. The number of hydrazine groups is 1. The third kappa shape index (κ3) is 5.38. The van der Waals surface area contributed by atoms with Crippen molar-refractivity contribution in [3.05, 3.63) is 23.9 Å². The number of hydrogen-bond acceptors (Lipinski definition) is 2. The van der Waals surface area contributed by atoms with Gasteiger partial charge in [-0.1, -0.05) is 26.0 Å². The fourth-order valence-electron chi connectivity index (χ4n) is 0.873. The molecule has 1 aliphatic carbocycles. The molecular weight excluding hydrogens is 182 g/mol. The molecule has 0 spiro atoms. The Morgan fingerprint density at radius 1 is 1.46 bits per heavy atom. The lowest BCUT2D eigenvalue weighted by molar-refractivity contribution is 0.945. The molecule has 0 bridgehead atoms. The smallest absolute Gasteiger partial charge is 0.185 e. The number of nitrogens with one attached hydrogen (secondary N) is 2. The highest BCUT2D eigenvalue weighted by molar-refractivity contribution is 7.80. The van der Waals surface area contributed by atoms with E-state index in [1.165, 1.54) is 0 Å². The van der Waals surface area contributed by atoms with Gasteiger partial charge in [0.2, 0.25) is 0 Å². The summed E-state index contributed by atoms with van der Waals surface area (Å²) in [5.74, 6) is 5.08. The van der Waals surface area contributed by atoms with Crippen molar-refractivity contribution in [1.82, 2.24) is 10.7 Å². The van der Waals surface area contributed by atoms with Gasteiger partial charge in [-0.25, -0.2) is 5.84 Å². The molecule has 4 N–H and O–H groups in total. The first-order valence-electron chi connectivity index (χ1n) is 4.47. The third-order valence-corrected chi connectivity index (χ3v) is 1.60. The molecule has 0 radical (unpaired) electrons. The van der Waals surface area contributed by atoms with Gasteiger partial charge in [-0.05, 0) is 31.1 Å². The van der Waals surface area contributed by atoms with Gasteiger partial charge in [0.25, 0.3) is 0 Å². The molecule has 0 amide bonds. The first-order chi connectivity index (χ1) is 6.33. The third-order valence-electron chi connectivity index (χ3n) is 1.38. The summed E-state index contributed by atoms with van der Waals surface area (Å²) >= 11 is 4.81. The van der Waals surface area contributed by atoms with Crippen LogP contribution in [0.25, 0.3) is 0 Å². The van der Waals surface area contributed by atoms with Gasteiger partial charge in [0, 0.05) is 5.70 Å². The monoisotopic (exact) mass is 199 g/mol. The molecule has 0 saturated heterocycles. The van der Waals surface area contributed by atoms with E-state index in [4.69, 9.17) is 18.1 Å². The first kappa shape index (κ1) is 12.1. The van der Waals surface area contributed by atoms with Crippen LogP contribution in [0.5, 0.6) is 0 Å². The number of allylic oxidation sites excluding steroid dienone is 3. The lowest BCUT2D eigenvalue weighted by atomic mass is 10.1. The lowest BCUT2D eigenvalue weighted by Crippen LogP contribution is -2.38. The Labute approximate surface area is 85.0 Å². The van der Waals surface area contributed by atoms with E-state index >= 15 is 0 Å². The van der Waals surface area contributed by atoms with Crippen LogP contribution < -0.4 is 16.6 Å². The second kappa shape index (κ2) is 7.76. The van der Waals surface area contributed by atoms with Gasteiger partial charge < -0.3 is 10.7 Å². The summed E-state index contributed by atoms with van der Waals surface area (Å²) < 4.78 is 0. The van der Waals surface area contributed by atoms with Gasteiger partial charge in [-0.2, -0.15) is 0 Å². The van der Waals surface area contributed by atoms with Crippen molar-refractivity contribution in [2.24, 2.45) is 5.84 Å². The normalized spacial score (nSPS) is 13.6. The highest BCUT2D eigenvalue weighted by atomic mass is 32.1. The fourth-order valence-corrected chi connectivity index (χ4v) is 0.991. The van der Waals surface area contributed by atoms with Crippen molar-refractivity contribution >= 4 is 17.3 Å². The van der Waals surface area contributed by atoms with E-state index in [9.17, 15) is 0 Å². The second-order valence-corrected chi connectivity index (χ2v) is 2.65. The molecule has 3 nitrogen and oxygen atoms in total.